The standard InChI is InChI=1S/C10H18N4O2/c1-2-16-10(15)9(8-4-5-8)12-6-3-7-13-14-11/h8-9,12H,2-7H2,1H3. The van der Waals surface area contributed by atoms with Crippen LogP contribution in [0.5, 0.6) is 0 Å². The zero-order valence-electron chi connectivity index (χ0n) is 9.56. The molecule has 1 aliphatic carbocycles. The summed E-state index contributed by atoms with van der Waals surface area (Å²) in [5.74, 6) is 0.271. The first-order valence-electron chi connectivity index (χ1n) is 5.70. The average Bonchev–Trinajstić information content (AvgIpc) is 3.07. The van der Waals surface area contributed by atoms with Crippen molar-refractivity contribution in [3.05, 3.63) is 10.4 Å². The Labute approximate surface area is 95.0 Å². The molecule has 0 bridgehead atoms. The Morgan fingerprint density at radius 1 is 1.69 bits per heavy atom. The number of esters is 1. The minimum absolute atomic E-state index is 0.159. The van der Waals surface area contributed by atoms with Crippen molar-refractivity contribution in [2.75, 3.05) is 19.7 Å². The zero-order valence-corrected chi connectivity index (χ0v) is 9.56. The second kappa shape index (κ2) is 7.09. The first-order chi connectivity index (χ1) is 7.79. The Kier molecular flexibility index (Phi) is 5.67. The third-order valence-electron chi connectivity index (χ3n) is 2.50. The summed E-state index contributed by atoms with van der Waals surface area (Å²) < 4.78 is 5.00. The number of ether oxygens (including phenoxy) is 1. The van der Waals surface area contributed by atoms with E-state index in [9.17, 15) is 4.79 Å². The molecule has 1 atom stereocenters. The van der Waals surface area contributed by atoms with E-state index in [0.29, 0.717) is 25.6 Å². The average molecular weight is 226 g/mol. The third kappa shape index (κ3) is 4.51. The number of carbonyl (C=O) groups is 1. The van der Waals surface area contributed by atoms with E-state index in [1.165, 1.54) is 0 Å². The molecule has 90 valence electrons. The lowest BCUT2D eigenvalue weighted by Crippen LogP contribution is -2.40. The van der Waals surface area contributed by atoms with Crippen molar-refractivity contribution < 1.29 is 9.53 Å². The number of nitrogens with one attached hydrogen (secondary N) is 1. The Morgan fingerprint density at radius 3 is 3.00 bits per heavy atom. The SMILES string of the molecule is CCOC(=O)C(NCCCN=[N+]=[N-])C1CC1. The lowest BCUT2D eigenvalue weighted by Gasteiger charge is -2.16. The second-order valence-corrected chi connectivity index (χ2v) is 3.83. The summed E-state index contributed by atoms with van der Waals surface area (Å²) in [7, 11) is 0. The predicted octanol–water partition coefficient (Wildman–Crippen LogP) is 1.62. The Bertz CT molecular complexity index is 272. The van der Waals surface area contributed by atoms with E-state index in [4.69, 9.17) is 10.3 Å². The van der Waals surface area contributed by atoms with Crippen molar-refractivity contribution >= 4 is 5.97 Å². The van der Waals surface area contributed by atoms with E-state index in [0.717, 1.165) is 19.3 Å². The first-order valence-corrected chi connectivity index (χ1v) is 5.70. The summed E-state index contributed by atoms with van der Waals surface area (Å²) >= 11 is 0. The molecule has 0 aromatic rings. The molecule has 6 heteroatoms. The Hall–Kier alpha value is -1.26. The molecule has 0 aliphatic heterocycles. The molecule has 6 nitrogen and oxygen atoms in total. The van der Waals surface area contributed by atoms with Crippen molar-refractivity contribution in [3.8, 4) is 0 Å². The molecule has 0 aromatic heterocycles. The minimum atomic E-state index is -0.175. The van der Waals surface area contributed by atoms with Gasteiger partial charge in [0.25, 0.3) is 0 Å². The van der Waals surface area contributed by atoms with Crippen molar-refractivity contribution in [3.63, 3.8) is 0 Å². The molecule has 0 radical (unpaired) electrons. The van der Waals surface area contributed by atoms with Crippen molar-refractivity contribution in [2.24, 2.45) is 11.0 Å². The summed E-state index contributed by atoms with van der Waals surface area (Å²) in [6.45, 7) is 3.37. The summed E-state index contributed by atoms with van der Waals surface area (Å²) in [6.07, 6.45) is 2.92. The largest absolute Gasteiger partial charge is 0.465 e. The molecule has 1 aliphatic rings. The van der Waals surface area contributed by atoms with Crippen LogP contribution >= 0.6 is 0 Å². The van der Waals surface area contributed by atoms with Gasteiger partial charge in [-0.25, -0.2) is 0 Å². The van der Waals surface area contributed by atoms with Crippen LogP contribution in [0.4, 0.5) is 0 Å². The summed E-state index contributed by atoms with van der Waals surface area (Å²) in [6, 6.07) is -0.175. The molecule has 16 heavy (non-hydrogen) atoms. The molecule has 0 aromatic carbocycles. The number of rotatable bonds is 8. The van der Waals surface area contributed by atoms with E-state index < -0.39 is 0 Å². The maximum atomic E-state index is 11.6. The van der Waals surface area contributed by atoms with Gasteiger partial charge in [-0.3, -0.25) is 4.79 Å². The van der Waals surface area contributed by atoms with E-state index >= 15 is 0 Å². The second-order valence-electron chi connectivity index (χ2n) is 3.83. The summed E-state index contributed by atoms with van der Waals surface area (Å²) in [5.41, 5.74) is 8.10. The first kappa shape index (κ1) is 12.8. The molecule has 1 N–H and O–H groups in total. The number of hydrogen-bond acceptors (Lipinski definition) is 4. The van der Waals surface area contributed by atoms with Crippen LogP contribution in [-0.4, -0.2) is 31.7 Å². The maximum absolute atomic E-state index is 11.6. The fraction of sp³-hybridized carbons (Fsp3) is 0.900. The van der Waals surface area contributed by atoms with Crippen molar-refractivity contribution in [2.45, 2.75) is 32.2 Å². The van der Waals surface area contributed by atoms with Crippen LogP contribution < -0.4 is 5.32 Å². The molecule has 0 spiro atoms. The Morgan fingerprint density at radius 2 is 2.44 bits per heavy atom. The highest BCUT2D eigenvalue weighted by atomic mass is 16.5. The molecule has 1 fully saturated rings. The molecular weight excluding hydrogens is 208 g/mol. The lowest BCUT2D eigenvalue weighted by atomic mass is 10.2. The molecule has 1 saturated carbocycles. The van der Waals surface area contributed by atoms with Crippen LogP contribution in [-0.2, 0) is 9.53 Å². The van der Waals surface area contributed by atoms with Crippen LogP contribution in [0.2, 0.25) is 0 Å². The van der Waals surface area contributed by atoms with E-state index in [1.54, 1.807) is 0 Å². The number of carbonyl (C=O) groups excluding carboxylic acids is 1. The smallest absolute Gasteiger partial charge is 0.323 e. The van der Waals surface area contributed by atoms with Gasteiger partial charge >= 0.3 is 5.97 Å². The van der Waals surface area contributed by atoms with Crippen LogP contribution in [0.25, 0.3) is 10.4 Å². The van der Waals surface area contributed by atoms with Gasteiger partial charge in [0.2, 0.25) is 0 Å². The molecule has 1 unspecified atom stereocenters. The molecule has 0 amide bonds. The highest BCUT2D eigenvalue weighted by molar-refractivity contribution is 5.76. The fourth-order valence-corrected chi connectivity index (χ4v) is 1.56. The number of nitrogens with zero attached hydrogens (tertiary/aromatic N) is 3. The number of azide groups is 1. The molecular formula is C10H18N4O2. The summed E-state index contributed by atoms with van der Waals surface area (Å²) in [5, 5.41) is 6.60. The van der Waals surface area contributed by atoms with Crippen LogP contribution in [0.3, 0.4) is 0 Å². The lowest BCUT2D eigenvalue weighted by molar-refractivity contribution is -0.146. The minimum Gasteiger partial charge on any atom is -0.465 e. The Balaban J connectivity index is 2.22. The fourth-order valence-electron chi connectivity index (χ4n) is 1.56. The van der Waals surface area contributed by atoms with E-state index in [2.05, 4.69) is 15.3 Å². The molecule has 0 heterocycles. The van der Waals surface area contributed by atoms with Crippen molar-refractivity contribution in [1.29, 1.82) is 0 Å². The highest BCUT2D eigenvalue weighted by Crippen LogP contribution is 2.33. The third-order valence-corrected chi connectivity index (χ3v) is 2.50. The van der Waals surface area contributed by atoms with Crippen LogP contribution in [0.15, 0.2) is 5.11 Å². The van der Waals surface area contributed by atoms with Crippen LogP contribution in [0, 0.1) is 5.92 Å². The highest BCUT2D eigenvalue weighted by Gasteiger charge is 2.36. The monoisotopic (exact) mass is 226 g/mol. The van der Waals surface area contributed by atoms with Gasteiger partial charge in [-0.15, -0.1) is 0 Å². The van der Waals surface area contributed by atoms with Gasteiger partial charge in [0.1, 0.15) is 6.04 Å². The van der Waals surface area contributed by atoms with Crippen LogP contribution in [0.1, 0.15) is 26.2 Å². The van der Waals surface area contributed by atoms with Gasteiger partial charge in [-0.1, -0.05) is 5.11 Å². The molecule has 1 rings (SSSR count). The predicted molar refractivity (Wildman–Crippen MR) is 59.8 cm³/mol. The van der Waals surface area contributed by atoms with Gasteiger partial charge in [0.15, 0.2) is 0 Å². The summed E-state index contributed by atoms with van der Waals surface area (Å²) in [4.78, 5) is 14.2. The zero-order chi connectivity index (χ0) is 11.8. The van der Waals surface area contributed by atoms with Gasteiger partial charge in [0, 0.05) is 11.5 Å². The van der Waals surface area contributed by atoms with Crippen molar-refractivity contribution in [1.82, 2.24) is 5.32 Å². The van der Waals surface area contributed by atoms with E-state index in [1.807, 2.05) is 6.92 Å². The van der Waals surface area contributed by atoms with Gasteiger partial charge in [-0.05, 0) is 44.2 Å². The number of hydrogen-bond donors (Lipinski definition) is 1. The quantitative estimate of drug-likeness (QED) is 0.224. The maximum Gasteiger partial charge on any atom is 0.323 e. The normalized spacial score (nSPS) is 16.3. The van der Waals surface area contributed by atoms with Gasteiger partial charge in [0.05, 0.1) is 6.61 Å². The molecule has 0 saturated heterocycles. The van der Waals surface area contributed by atoms with Gasteiger partial charge < -0.3 is 10.1 Å². The van der Waals surface area contributed by atoms with E-state index in [-0.39, 0.29) is 12.0 Å². The van der Waals surface area contributed by atoms with Gasteiger partial charge in [-0.2, -0.15) is 0 Å². The topological polar surface area (TPSA) is 87.1 Å².